The van der Waals surface area contributed by atoms with Crippen LogP contribution in [-0.4, -0.2) is 15.5 Å². The van der Waals surface area contributed by atoms with E-state index in [2.05, 4.69) is 34.3 Å². The molecule has 2 N–H and O–H groups in total. The average Bonchev–Trinajstić information content (AvgIpc) is 3.29. The summed E-state index contributed by atoms with van der Waals surface area (Å²) >= 11 is 0. The molecule has 3 aromatic carbocycles. The minimum absolute atomic E-state index is 0.156. The molecule has 6 heteroatoms. The van der Waals surface area contributed by atoms with Crippen LogP contribution in [-0.2, 0) is 10.0 Å². The van der Waals surface area contributed by atoms with E-state index in [1.54, 1.807) is 25.3 Å². The van der Waals surface area contributed by atoms with Crippen molar-refractivity contribution in [2.45, 2.75) is 23.3 Å². The van der Waals surface area contributed by atoms with E-state index >= 15 is 0 Å². The van der Waals surface area contributed by atoms with E-state index in [1.807, 2.05) is 42.5 Å². The predicted octanol–water partition coefficient (Wildman–Crippen LogP) is 5.32. The maximum absolute atomic E-state index is 13.0. The monoisotopic (exact) mass is 432 g/mol. The Balaban J connectivity index is 1.48. The summed E-state index contributed by atoms with van der Waals surface area (Å²) in [5.74, 6) is 1.35. The number of sulfonamides is 1. The molecule has 0 unspecified atom stereocenters. The van der Waals surface area contributed by atoms with Gasteiger partial charge in [0.25, 0.3) is 10.0 Å². The molecule has 0 bridgehead atoms. The second kappa shape index (κ2) is 7.78. The molecule has 3 atom stereocenters. The van der Waals surface area contributed by atoms with E-state index in [4.69, 9.17) is 4.74 Å². The number of fused-ring (bicyclic) bond motifs is 3. The van der Waals surface area contributed by atoms with Gasteiger partial charge in [-0.3, -0.25) is 4.72 Å². The van der Waals surface area contributed by atoms with Crippen LogP contribution in [0.25, 0.3) is 0 Å². The number of rotatable bonds is 5. The lowest BCUT2D eigenvalue weighted by atomic mass is 9.77. The van der Waals surface area contributed by atoms with Crippen molar-refractivity contribution in [2.75, 3.05) is 17.1 Å². The molecule has 1 aliphatic heterocycles. The zero-order valence-electron chi connectivity index (χ0n) is 17.2. The largest absolute Gasteiger partial charge is 0.497 e. The highest BCUT2D eigenvalue weighted by Gasteiger charge is 2.38. The number of methoxy groups -OCH3 is 1. The molecule has 5 nitrogen and oxygen atoms in total. The van der Waals surface area contributed by atoms with Gasteiger partial charge in [-0.15, -0.1) is 0 Å². The maximum atomic E-state index is 13.0. The van der Waals surface area contributed by atoms with Crippen molar-refractivity contribution in [2.24, 2.45) is 5.92 Å². The fourth-order valence-electron chi connectivity index (χ4n) is 4.60. The summed E-state index contributed by atoms with van der Waals surface area (Å²) in [6.07, 6.45) is 5.36. The van der Waals surface area contributed by atoms with Crippen molar-refractivity contribution in [1.82, 2.24) is 0 Å². The van der Waals surface area contributed by atoms with Gasteiger partial charge in [0, 0.05) is 17.3 Å². The van der Waals surface area contributed by atoms with Crippen LogP contribution in [0.5, 0.6) is 5.75 Å². The Labute approximate surface area is 182 Å². The highest BCUT2D eigenvalue weighted by atomic mass is 32.2. The summed E-state index contributed by atoms with van der Waals surface area (Å²) in [6, 6.07) is 22.6. The third kappa shape index (κ3) is 3.68. The Hall–Kier alpha value is -3.25. The van der Waals surface area contributed by atoms with Gasteiger partial charge < -0.3 is 10.1 Å². The highest BCUT2D eigenvalue weighted by Crippen LogP contribution is 2.50. The van der Waals surface area contributed by atoms with E-state index in [0.29, 0.717) is 11.6 Å². The molecule has 5 rings (SSSR count). The molecule has 0 saturated carbocycles. The second-order valence-corrected chi connectivity index (χ2v) is 9.65. The molecular formula is C25H24N2O3S. The standard InChI is InChI=1S/C25H24N2O3S/c1-30-19-12-10-17(11-13-19)25-22-9-5-8-21(22)23-16-20(14-15-24(23)26-25)31(28,29)27-18-6-3-2-4-7-18/h2-8,10-16,21-22,25-27H,9H2,1H3/t21-,22-,25+/m1/s1. The van der Waals surface area contributed by atoms with E-state index in [-0.39, 0.29) is 16.9 Å². The predicted molar refractivity (Wildman–Crippen MR) is 123 cm³/mol. The molecule has 2 aliphatic rings. The zero-order valence-corrected chi connectivity index (χ0v) is 18.0. The van der Waals surface area contributed by atoms with Crippen LogP contribution < -0.4 is 14.8 Å². The van der Waals surface area contributed by atoms with Crippen LogP contribution in [0.3, 0.4) is 0 Å². The smallest absolute Gasteiger partial charge is 0.261 e. The number of para-hydroxylation sites is 1. The van der Waals surface area contributed by atoms with Gasteiger partial charge in [0.15, 0.2) is 0 Å². The molecule has 1 heterocycles. The van der Waals surface area contributed by atoms with Gasteiger partial charge in [0.1, 0.15) is 5.75 Å². The topological polar surface area (TPSA) is 67.4 Å². The number of ether oxygens (including phenoxy) is 1. The summed E-state index contributed by atoms with van der Waals surface area (Å²) in [5, 5.41) is 3.65. The van der Waals surface area contributed by atoms with Crippen molar-refractivity contribution in [3.63, 3.8) is 0 Å². The fourth-order valence-corrected chi connectivity index (χ4v) is 5.69. The van der Waals surface area contributed by atoms with Gasteiger partial charge in [0.2, 0.25) is 0 Å². The average molecular weight is 433 g/mol. The maximum Gasteiger partial charge on any atom is 0.261 e. The minimum atomic E-state index is -3.66. The summed E-state index contributed by atoms with van der Waals surface area (Å²) < 4.78 is 33.9. The van der Waals surface area contributed by atoms with Gasteiger partial charge in [0.05, 0.1) is 18.0 Å². The highest BCUT2D eigenvalue weighted by molar-refractivity contribution is 7.92. The van der Waals surface area contributed by atoms with Crippen molar-refractivity contribution in [3.05, 3.63) is 96.1 Å². The molecule has 3 aromatic rings. The van der Waals surface area contributed by atoms with Crippen LogP contribution >= 0.6 is 0 Å². The van der Waals surface area contributed by atoms with Crippen LogP contribution in [0.15, 0.2) is 89.8 Å². The van der Waals surface area contributed by atoms with Crippen molar-refractivity contribution in [1.29, 1.82) is 0 Å². The second-order valence-electron chi connectivity index (χ2n) is 7.97. The number of anilines is 2. The number of nitrogens with one attached hydrogen (secondary N) is 2. The molecule has 0 amide bonds. The van der Waals surface area contributed by atoms with E-state index in [9.17, 15) is 8.42 Å². The van der Waals surface area contributed by atoms with E-state index < -0.39 is 10.0 Å². The summed E-state index contributed by atoms with van der Waals surface area (Å²) in [5.41, 5.74) is 3.76. The van der Waals surface area contributed by atoms with E-state index in [0.717, 1.165) is 23.4 Å². The molecule has 0 fully saturated rings. The molecule has 0 radical (unpaired) electrons. The van der Waals surface area contributed by atoms with Gasteiger partial charge >= 0.3 is 0 Å². The van der Waals surface area contributed by atoms with E-state index in [1.165, 1.54) is 5.56 Å². The minimum Gasteiger partial charge on any atom is -0.497 e. The molecule has 0 aromatic heterocycles. The normalized spacial score (nSPS) is 21.6. The Morgan fingerprint density at radius 2 is 1.77 bits per heavy atom. The first kappa shape index (κ1) is 19.7. The number of hydrogen-bond acceptors (Lipinski definition) is 4. The van der Waals surface area contributed by atoms with Gasteiger partial charge in [-0.25, -0.2) is 8.42 Å². The molecule has 31 heavy (non-hydrogen) atoms. The Kier molecular flexibility index (Phi) is 4.94. The summed E-state index contributed by atoms with van der Waals surface area (Å²) in [7, 11) is -2.00. The van der Waals surface area contributed by atoms with Crippen LogP contribution in [0.4, 0.5) is 11.4 Å². The van der Waals surface area contributed by atoms with Crippen LogP contribution in [0, 0.1) is 5.92 Å². The number of hydrogen-bond donors (Lipinski definition) is 2. The fraction of sp³-hybridized carbons (Fsp3) is 0.200. The van der Waals surface area contributed by atoms with Crippen LogP contribution in [0.2, 0.25) is 0 Å². The number of allylic oxidation sites excluding steroid dienone is 2. The number of benzene rings is 3. The Morgan fingerprint density at radius 3 is 2.52 bits per heavy atom. The summed E-state index contributed by atoms with van der Waals surface area (Å²) in [4.78, 5) is 0.277. The van der Waals surface area contributed by atoms with Gasteiger partial charge in [-0.2, -0.15) is 0 Å². The first-order chi connectivity index (χ1) is 15.0. The lowest BCUT2D eigenvalue weighted by Gasteiger charge is -2.37. The first-order valence-corrected chi connectivity index (χ1v) is 11.8. The molecule has 1 aliphatic carbocycles. The zero-order chi connectivity index (χ0) is 21.4. The molecule has 158 valence electrons. The Morgan fingerprint density at radius 1 is 1.00 bits per heavy atom. The van der Waals surface area contributed by atoms with Crippen molar-refractivity contribution < 1.29 is 13.2 Å². The van der Waals surface area contributed by atoms with Gasteiger partial charge in [-0.05, 0) is 65.9 Å². The molecule has 0 spiro atoms. The van der Waals surface area contributed by atoms with Gasteiger partial charge in [-0.1, -0.05) is 42.5 Å². The summed E-state index contributed by atoms with van der Waals surface area (Å²) in [6.45, 7) is 0. The first-order valence-electron chi connectivity index (χ1n) is 10.3. The third-order valence-electron chi connectivity index (χ3n) is 6.15. The van der Waals surface area contributed by atoms with Crippen molar-refractivity contribution >= 4 is 21.4 Å². The lowest BCUT2D eigenvalue weighted by Crippen LogP contribution is -2.29. The lowest BCUT2D eigenvalue weighted by molar-refractivity contribution is 0.411. The third-order valence-corrected chi connectivity index (χ3v) is 7.52. The van der Waals surface area contributed by atoms with Crippen molar-refractivity contribution in [3.8, 4) is 5.75 Å². The van der Waals surface area contributed by atoms with Crippen LogP contribution in [0.1, 0.15) is 29.5 Å². The molecular weight excluding hydrogens is 408 g/mol. The molecule has 0 saturated heterocycles. The quantitative estimate of drug-likeness (QED) is 0.535. The Bertz CT molecular complexity index is 1220. The SMILES string of the molecule is COc1ccc([C@@H]2Nc3ccc(S(=O)(=O)Nc4ccccc4)cc3[C@@H]3C=CC[C@H]32)cc1.